The Labute approximate surface area is 108 Å². The fourth-order valence-electron chi connectivity index (χ4n) is 2.27. The van der Waals surface area contributed by atoms with Gasteiger partial charge in [0, 0.05) is 38.9 Å². The monoisotopic (exact) mass is 252 g/mol. The van der Waals surface area contributed by atoms with Crippen molar-refractivity contribution in [3.8, 4) is 0 Å². The summed E-state index contributed by atoms with van der Waals surface area (Å²) in [6, 6.07) is 3.09. The van der Waals surface area contributed by atoms with E-state index in [-0.39, 0.29) is 5.82 Å². The number of halogens is 1. The number of hydrogen-bond acceptors (Lipinski definition) is 4. The van der Waals surface area contributed by atoms with E-state index in [1.807, 2.05) is 4.90 Å². The lowest BCUT2D eigenvalue weighted by Gasteiger charge is -2.36. The number of aromatic nitrogens is 1. The van der Waals surface area contributed by atoms with E-state index in [0.717, 1.165) is 39.3 Å². The van der Waals surface area contributed by atoms with Crippen LogP contribution in [0.4, 0.5) is 10.2 Å². The third-order valence-corrected chi connectivity index (χ3v) is 3.38. The van der Waals surface area contributed by atoms with Gasteiger partial charge in [0.25, 0.3) is 0 Å². The minimum atomic E-state index is -0.235. The molecule has 1 fully saturated rings. The van der Waals surface area contributed by atoms with Crippen LogP contribution < -0.4 is 10.6 Å². The summed E-state index contributed by atoms with van der Waals surface area (Å²) >= 11 is 0. The van der Waals surface area contributed by atoms with Gasteiger partial charge in [0.05, 0.1) is 0 Å². The van der Waals surface area contributed by atoms with E-state index < -0.39 is 0 Å². The zero-order chi connectivity index (χ0) is 13.0. The Morgan fingerprint density at radius 2 is 2.11 bits per heavy atom. The number of rotatable bonds is 4. The van der Waals surface area contributed by atoms with Gasteiger partial charge in [-0.15, -0.1) is 0 Å². The Hall–Kier alpha value is -1.20. The Bertz CT molecular complexity index is 377. The molecule has 0 spiro atoms. The van der Waals surface area contributed by atoms with Crippen molar-refractivity contribution in [1.29, 1.82) is 0 Å². The van der Waals surface area contributed by atoms with E-state index in [1.165, 1.54) is 6.07 Å². The molecule has 4 nitrogen and oxygen atoms in total. The predicted octanol–water partition coefficient (Wildman–Crippen LogP) is 0.938. The summed E-state index contributed by atoms with van der Waals surface area (Å²) < 4.78 is 13.6. The summed E-state index contributed by atoms with van der Waals surface area (Å²) in [6.45, 7) is 7.44. The molecule has 0 saturated carbocycles. The van der Waals surface area contributed by atoms with Crippen LogP contribution in [0.3, 0.4) is 0 Å². The molecular weight excluding hydrogens is 231 g/mol. The maximum Gasteiger partial charge on any atom is 0.165 e. The number of hydrogen-bond donors (Lipinski definition) is 1. The van der Waals surface area contributed by atoms with Crippen molar-refractivity contribution in [3.05, 3.63) is 24.1 Å². The van der Waals surface area contributed by atoms with Gasteiger partial charge in [-0.3, -0.25) is 4.90 Å². The van der Waals surface area contributed by atoms with Gasteiger partial charge in [-0.1, -0.05) is 6.92 Å². The molecule has 5 heteroatoms. The molecule has 0 aliphatic carbocycles. The van der Waals surface area contributed by atoms with Crippen molar-refractivity contribution in [3.63, 3.8) is 0 Å². The second-order valence-corrected chi connectivity index (χ2v) is 4.94. The summed E-state index contributed by atoms with van der Waals surface area (Å²) in [7, 11) is 0. The zero-order valence-electron chi connectivity index (χ0n) is 10.8. The molecule has 18 heavy (non-hydrogen) atoms. The van der Waals surface area contributed by atoms with Crippen LogP contribution in [0.1, 0.15) is 6.92 Å². The molecule has 2 heterocycles. The standard InChI is InChI=1S/C13H21FN4/c1-11(9-15)10-17-5-7-18(8-6-17)13-12(14)3-2-4-16-13/h2-4,11H,5-10,15H2,1H3. The van der Waals surface area contributed by atoms with Gasteiger partial charge >= 0.3 is 0 Å². The van der Waals surface area contributed by atoms with E-state index >= 15 is 0 Å². The van der Waals surface area contributed by atoms with Gasteiger partial charge < -0.3 is 10.6 Å². The fourth-order valence-corrected chi connectivity index (χ4v) is 2.27. The lowest BCUT2D eigenvalue weighted by Crippen LogP contribution is -2.48. The number of piperazine rings is 1. The normalized spacial score (nSPS) is 18.9. The topological polar surface area (TPSA) is 45.4 Å². The minimum Gasteiger partial charge on any atom is -0.352 e. The first-order valence-corrected chi connectivity index (χ1v) is 6.48. The van der Waals surface area contributed by atoms with E-state index in [0.29, 0.717) is 11.7 Å². The van der Waals surface area contributed by atoms with Crippen molar-refractivity contribution in [2.45, 2.75) is 6.92 Å². The Morgan fingerprint density at radius 3 is 2.72 bits per heavy atom. The summed E-state index contributed by atoms with van der Waals surface area (Å²) in [5.41, 5.74) is 5.63. The fraction of sp³-hybridized carbons (Fsp3) is 0.615. The van der Waals surface area contributed by atoms with Crippen molar-refractivity contribution >= 4 is 5.82 Å². The second-order valence-electron chi connectivity index (χ2n) is 4.94. The van der Waals surface area contributed by atoms with E-state index in [1.54, 1.807) is 12.3 Å². The molecule has 0 aromatic carbocycles. The Morgan fingerprint density at radius 1 is 1.39 bits per heavy atom. The molecule has 0 bridgehead atoms. The van der Waals surface area contributed by atoms with Crippen LogP contribution >= 0.6 is 0 Å². The quantitative estimate of drug-likeness (QED) is 0.866. The van der Waals surface area contributed by atoms with Gasteiger partial charge in [-0.05, 0) is 24.6 Å². The van der Waals surface area contributed by atoms with Gasteiger partial charge in [0.15, 0.2) is 11.6 Å². The van der Waals surface area contributed by atoms with E-state index in [2.05, 4.69) is 16.8 Å². The van der Waals surface area contributed by atoms with Crippen LogP contribution in [0.2, 0.25) is 0 Å². The third-order valence-electron chi connectivity index (χ3n) is 3.38. The first kappa shape index (κ1) is 13.2. The molecule has 0 amide bonds. The highest BCUT2D eigenvalue weighted by molar-refractivity contribution is 5.40. The van der Waals surface area contributed by atoms with Crippen LogP contribution in [0, 0.1) is 11.7 Å². The Kier molecular flexibility index (Phi) is 4.49. The van der Waals surface area contributed by atoms with E-state index in [4.69, 9.17) is 5.73 Å². The summed E-state index contributed by atoms with van der Waals surface area (Å²) in [5.74, 6) is 0.758. The molecule has 1 aromatic rings. The van der Waals surface area contributed by atoms with Crippen molar-refractivity contribution in [2.24, 2.45) is 11.7 Å². The second kappa shape index (κ2) is 6.11. The van der Waals surface area contributed by atoms with Crippen molar-refractivity contribution < 1.29 is 4.39 Å². The number of nitrogens with zero attached hydrogens (tertiary/aromatic N) is 3. The molecule has 1 unspecified atom stereocenters. The molecule has 0 radical (unpaired) electrons. The van der Waals surface area contributed by atoms with Crippen LogP contribution in [-0.2, 0) is 0 Å². The average molecular weight is 252 g/mol. The summed E-state index contributed by atoms with van der Waals surface area (Å²) in [4.78, 5) is 8.51. The molecule has 2 N–H and O–H groups in total. The highest BCUT2D eigenvalue weighted by Gasteiger charge is 2.20. The number of anilines is 1. The number of pyridine rings is 1. The molecule has 1 atom stereocenters. The molecule has 1 aromatic heterocycles. The molecule has 1 saturated heterocycles. The molecule has 1 aliphatic heterocycles. The highest BCUT2D eigenvalue weighted by atomic mass is 19.1. The lowest BCUT2D eigenvalue weighted by molar-refractivity contribution is 0.226. The predicted molar refractivity (Wildman–Crippen MR) is 71.1 cm³/mol. The summed E-state index contributed by atoms with van der Waals surface area (Å²) in [5, 5.41) is 0. The maximum absolute atomic E-state index is 13.6. The van der Waals surface area contributed by atoms with Crippen molar-refractivity contribution in [2.75, 3.05) is 44.2 Å². The first-order valence-electron chi connectivity index (χ1n) is 6.48. The van der Waals surface area contributed by atoms with Gasteiger partial charge in [0.2, 0.25) is 0 Å². The molecule has 2 rings (SSSR count). The lowest BCUT2D eigenvalue weighted by atomic mass is 10.1. The van der Waals surface area contributed by atoms with Crippen LogP contribution in [-0.4, -0.2) is 49.2 Å². The Balaban J connectivity index is 1.89. The molecular formula is C13H21FN4. The number of nitrogens with two attached hydrogens (primary N) is 1. The van der Waals surface area contributed by atoms with Crippen LogP contribution in [0.15, 0.2) is 18.3 Å². The van der Waals surface area contributed by atoms with Gasteiger partial charge in [-0.2, -0.15) is 0 Å². The average Bonchev–Trinajstić information content (AvgIpc) is 2.40. The largest absolute Gasteiger partial charge is 0.352 e. The van der Waals surface area contributed by atoms with Crippen LogP contribution in [0.25, 0.3) is 0 Å². The molecule has 100 valence electrons. The maximum atomic E-state index is 13.6. The third kappa shape index (κ3) is 3.17. The van der Waals surface area contributed by atoms with Gasteiger partial charge in [0.1, 0.15) is 0 Å². The van der Waals surface area contributed by atoms with Crippen molar-refractivity contribution in [1.82, 2.24) is 9.88 Å². The first-order chi connectivity index (χ1) is 8.70. The smallest absolute Gasteiger partial charge is 0.165 e. The zero-order valence-corrected chi connectivity index (χ0v) is 10.8. The van der Waals surface area contributed by atoms with Gasteiger partial charge in [-0.25, -0.2) is 9.37 Å². The highest BCUT2D eigenvalue weighted by Crippen LogP contribution is 2.17. The minimum absolute atomic E-state index is 0.235. The van der Waals surface area contributed by atoms with Crippen LogP contribution in [0.5, 0.6) is 0 Å². The van der Waals surface area contributed by atoms with E-state index in [9.17, 15) is 4.39 Å². The summed E-state index contributed by atoms with van der Waals surface area (Å²) in [6.07, 6.45) is 1.64. The molecule has 1 aliphatic rings. The SMILES string of the molecule is CC(CN)CN1CCN(c2ncccc2F)CC1.